The van der Waals surface area contributed by atoms with E-state index in [0.29, 0.717) is 30.3 Å². The van der Waals surface area contributed by atoms with Crippen molar-refractivity contribution in [2.75, 3.05) is 30.5 Å². The quantitative estimate of drug-likeness (QED) is 0.448. The molecule has 1 aliphatic rings. The highest BCUT2D eigenvalue weighted by Gasteiger charge is 2.30. The van der Waals surface area contributed by atoms with E-state index in [-0.39, 0.29) is 30.5 Å². The van der Waals surface area contributed by atoms with Gasteiger partial charge in [-0.1, -0.05) is 25.1 Å². The number of amides is 2. The number of hydrogen-bond donors (Lipinski definition) is 2. The third-order valence-electron chi connectivity index (χ3n) is 5.51. The van der Waals surface area contributed by atoms with E-state index in [1.54, 1.807) is 12.1 Å². The van der Waals surface area contributed by atoms with Gasteiger partial charge in [-0.05, 0) is 60.6 Å². The van der Waals surface area contributed by atoms with Gasteiger partial charge in [0.05, 0.1) is 12.1 Å². The lowest BCUT2D eigenvalue weighted by molar-refractivity contribution is -0.137. The van der Waals surface area contributed by atoms with Crippen molar-refractivity contribution in [2.45, 2.75) is 19.6 Å². The minimum atomic E-state index is -4.51. The average molecular weight is 499 g/mol. The number of benzene rings is 3. The molecule has 1 aliphatic heterocycles. The zero-order valence-electron chi connectivity index (χ0n) is 19.4. The van der Waals surface area contributed by atoms with Crippen molar-refractivity contribution in [3.05, 3.63) is 83.4 Å². The maximum Gasteiger partial charge on any atom is 0.416 e. The Bertz CT molecular complexity index is 1260. The molecule has 188 valence electrons. The lowest BCUT2D eigenvalue weighted by Crippen LogP contribution is -2.32. The van der Waals surface area contributed by atoms with Crippen molar-refractivity contribution in [3.8, 4) is 11.5 Å². The maximum atomic E-state index is 12.9. The van der Waals surface area contributed by atoms with Gasteiger partial charge in [-0.15, -0.1) is 0 Å². The van der Waals surface area contributed by atoms with Crippen LogP contribution >= 0.6 is 0 Å². The lowest BCUT2D eigenvalue weighted by atomic mass is 10.1. The number of anilines is 2. The molecule has 2 N–H and O–H groups in total. The van der Waals surface area contributed by atoms with Gasteiger partial charge in [0.15, 0.2) is 11.5 Å². The Kier molecular flexibility index (Phi) is 7.44. The largest absolute Gasteiger partial charge is 0.454 e. The predicted octanol–water partition coefficient (Wildman–Crippen LogP) is 5.15. The van der Waals surface area contributed by atoms with Crippen molar-refractivity contribution < 1.29 is 32.2 Å². The highest BCUT2D eigenvalue weighted by Crippen LogP contribution is 2.33. The smallest absolute Gasteiger partial charge is 0.416 e. The van der Waals surface area contributed by atoms with Crippen molar-refractivity contribution in [1.82, 2.24) is 4.90 Å². The van der Waals surface area contributed by atoms with E-state index in [1.165, 1.54) is 24.3 Å². The summed E-state index contributed by atoms with van der Waals surface area (Å²) < 4.78 is 49.5. The third-order valence-corrected chi connectivity index (χ3v) is 5.51. The number of rotatable bonds is 8. The van der Waals surface area contributed by atoms with Gasteiger partial charge in [0.2, 0.25) is 12.7 Å². The molecule has 0 bridgehead atoms. The van der Waals surface area contributed by atoms with Crippen molar-refractivity contribution in [3.63, 3.8) is 0 Å². The van der Waals surface area contributed by atoms with Crippen LogP contribution in [0.2, 0.25) is 0 Å². The van der Waals surface area contributed by atoms with Crippen LogP contribution in [-0.2, 0) is 17.5 Å². The minimum absolute atomic E-state index is 0.0198. The molecule has 4 rings (SSSR count). The topological polar surface area (TPSA) is 79.9 Å². The summed E-state index contributed by atoms with van der Waals surface area (Å²) in [6, 6.07) is 16.2. The fraction of sp³-hybridized carbons (Fsp3) is 0.231. The van der Waals surface area contributed by atoms with Gasteiger partial charge in [-0.2, -0.15) is 13.2 Å². The zero-order valence-corrected chi connectivity index (χ0v) is 19.4. The number of alkyl halides is 3. The zero-order chi connectivity index (χ0) is 25.7. The number of likely N-dealkylation sites (N-methyl/N-ethyl adjacent to an activating group) is 1. The monoisotopic (exact) mass is 499 g/mol. The Balaban J connectivity index is 1.36. The summed E-state index contributed by atoms with van der Waals surface area (Å²) in [6.45, 7) is 3.40. The fourth-order valence-corrected chi connectivity index (χ4v) is 3.70. The lowest BCUT2D eigenvalue weighted by Gasteiger charge is -2.20. The fourth-order valence-electron chi connectivity index (χ4n) is 3.70. The van der Waals surface area contributed by atoms with E-state index in [2.05, 4.69) is 10.6 Å². The van der Waals surface area contributed by atoms with E-state index in [9.17, 15) is 22.8 Å². The number of ether oxygens (including phenoxy) is 2. The number of carbonyl (C=O) groups excluding carboxylic acids is 2. The second-order valence-corrected chi connectivity index (χ2v) is 8.15. The van der Waals surface area contributed by atoms with Gasteiger partial charge in [0, 0.05) is 23.5 Å². The number of halogens is 3. The third kappa shape index (κ3) is 6.33. The molecule has 0 aromatic heterocycles. The first-order valence-corrected chi connectivity index (χ1v) is 11.2. The Morgan fingerprint density at radius 1 is 0.917 bits per heavy atom. The molecule has 7 nitrogen and oxygen atoms in total. The van der Waals surface area contributed by atoms with Gasteiger partial charge in [-0.3, -0.25) is 14.5 Å². The molecule has 0 atom stereocenters. The van der Waals surface area contributed by atoms with Crippen LogP contribution in [-0.4, -0.2) is 36.6 Å². The molecular formula is C26H24F3N3O4. The molecule has 2 amide bonds. The van der Waals surface area contributed by atoms with Crippen LogP contribution in [0.25, 0.3) is 0 Å². The molecule has 0 saturated carbocycles. The first kappa shape index (κ1) is 25.1. The summed E-state index contributed by atoms with van der Waals surface area (Å²) in [7, 11) is 0. The summed E-state index contributed by atoms with van der Waals surface area (Å²) in [5.74, 6) is 0.501. The maximum absolute atomic E-state index is 12.9. The number of nitrogens with zero attached hydrogens (tertiary/aromatic N) is 1. The Labute approximate surface area is 205 Å². The molecule has 0 saturated heterocycles. The molecule has 3 aromatic rings. The van der Waals surface area contributed by atoms with E-state index in [4.69, 9.17) is 9.47 Å². The molecule has 36 heavy (non-hydrogen) atoms. The van der Waals surface area contributed by atoms with Crippen LogP contribution in [0.4, 0.5) is 24.5 Å². The first-order valence-electron chi connectivity index (χ1n) is 11.2. The molecular weight excluding hydrogens is 475 g/mol. The van der Waals surface area contributed by atoms with Crippen LogP contribution in [0, 0.1) is 0 Å². The predicted molar refractivity (Wildman–Crippen MR) is 128 cm³/mol. The minimum Gasteiger partial charge on any atom is -0.454 e. The standard InChI is InChI=1S/C26H24F3N3O4/c1-2-32(14-17-9-10-22-23(11-17)36-16-35-22)15-24(33)30-20-7-3-5-18(12-20)25(34)31-21-8-4-6-19(13-21)26(27,28)29/h3-13H,2,14-16H2,1H3,(H,30,33)(H,31,34). The van der Waals surface area contributed by atoms with E-state index < -0.39 is 17.6 Å². The van der Waals surface area contributed by atoms with Gasteiger partial charge in [-0.25, -0.2) is 0 Å². The van der Waals surface area contributed by atoms with Crippen LogP contribution < -0.4 is 20.1 Å². The summed E-state index contributed by atoms with van der Waals surface area (Å²) in [6.07, 6.45) is -4.51. The van der Waals surface area contributed by atoms with Crippen LogP contribution in [0.3, 0.4) is 0 Å². The van der Waals surface area contributed by atoms with Gasteiger partial charge < -0.3 is 20.1 Å². The summed E-state index contributed by atoms with van der Waals surface area (Å²) in [5.41, 5.74) is 0.727. The second-order valence-electron chi connectivity index (χ2n) is 8.15. The molecule has 0 fully saturated rings. The molecule has 10 heteroatoms. The molecule has 0 radical (unpaired) electrons. The molecule has 0 unspecified atom stereocenters. The van der Waals surface area contributed by atoms with Crippen molar-refractivity contribution >= 4 is 23.2 Å². The summed E-state index contributed by atoms with van der Waals surface area (Å²) >= 11 is 0. The summed E-state index contributed by atoms with van der Waals surface area (Å²) in [5, 5.41) is 5.23. The Morgan fingerprint density at radius 2 is 1.64 bits per heavy atom. The van der Waals surface area contributed by atoms with Gasteiger partial charge in [0.25, 0.3) is 5.91 Å². The highest BCUT2D eigenvalue weighted by atomic mass is 19.4. The molecule has 0 aliphatic carbocycles. The molecule has 3 aromatic carbocycles. The van der Waals surface area contributed by atoms with Crippen LogP contribution in [0.1, 0.15) is 28.4 Å². The van der Waals surface area contributed by atoms with Crippen molar-refractivity contribution in [1.29, 1.82) is 0 Å². The number of hydrogen-bond acceptors (Lipinski definition) is 5. The number of carbonyl (C=O) groups is 2. The second kappa shape index (κ2) is 10.7. The van der Waals surface area contributed by atoms with E-state index in [1.807, 2.05) is 30.0 Å². The van der Waals surface area contributed by atoms with Gasteiger partial charge in [0.1, 0.15) is 0 Å². The number of fused-ring (bicyclic) bond motifs is 1. The average Bonchev–Trinajstić information content (AvgIpc) is 3.31. The summed E-state index contributed by atoms with van der Waals surface area (Å²) in [4.78, 5) is 27.2. The first-order chi connectivity index (χ1) is 17.2. The van der Waals surface area contributed by atoms with Crippen molar-refractivity contribution in [2.24, 2.45) is 0 Å². The molecule has 0 spiro atoms. The number of nitrogens with one attached hydrogen (secondary N) is 2. The Hall–Kier alpha value is -4.05. The van der Waals surface area contributed by atoms with Gasteiger partial charge >= 0.3 is 6.18 Å². The van der Waals surface area contributed by atoms with E-state index >= 15 is 0 Å². The van der Waals surface area contributed by atoms with Crippen LogP contribution in [0.15, 0.2) is 66.7 Å². The molecule has 1 heterocycles. The van der Waals surface area contributed by atoms with Crippen LogP contribution in [0.5, 0.6) is 11.5 Å². The highest BCUT2D eigenvalue weighted by molar-refractivity contribution is 6.05. The SMILES string of the molecule is CCN(CC(=O)Nc1cccc(C(=O)Nc2cccc(C(F)(F)F)c2)c1)Cc1ccc2c(c1)OCO2. The Morgan fingerprint density at radius 3 is 2.39 bits per heavy atom. The van der Waals surface area contributed by atoms with E-state index in [0.717, 1.165) is 17.7 Å². The normalized spacial score (nSPS) is 12.5.